The van der Waals surface area contributed by atoms with Gasteiger partial charge in [0.2, 0.25) is 5.89 Å². The summed E-state index contributed by atoms with van der Waals surface area (Å²) in [5, 5.41) is 3.92. The molecule has 0 saturated carbocycles. The Bertz CT molecular complexity index is 592. The number of aryl methyl sites for hydroxylation is 2. The van der Waals surface area contributed by atoms with E-state index in [-0.39, 0.29) is 5.92 Å². The number of likely N-dealkylation sites (tertiary alicyclic amines) is 1. The predicted molar refractivity (Wildman–Crippen MR) is 77.8 cm³/mol. The number of hydrogen-bond acceptors (Lipinski definition) is 5. The zero-order valence-corrected chi connectivity index (χ0v) is 12.8. The van der Waals surface area contributed by atoms with E-state index in [2.05, 4.69) is 45.0 Å². The van der Waals surface area contributed by atoms with Crippen LogP contribution in [0.1, 0.15) is 23.3 Å². The minimum absolute atomic E-state index is 0.256. The molecule has 6 nitrogen and oxygen atoms in total. The van der Waals surface area contributed by atoms with Gasteiger partial charge in [-0.2, -0.15) is 4.98 Å². The molecule has 114 valence electrons. The molecule has 1 fully saturated rings. The number of hydrogen-bond donors (Lipinski definition) is 0. The van der Waals surface area contributed by atoms with Gasteiger partial charge in [0.25, 0.3) is 0 Å². The van der Waals surface area contributed by atoms with E-state index >= 15 is 0 Å². The first-order valence-corrected chi connectivity index (χ1v) is 7.29. The van der Waals surface area contributed by atoms with Gasteiger partial charge in [-0.1, -0.05) is 5.16 Å². The maximum atomic E-state index is 5.38. The topological polar surface area (TPSA) is 56.3 Å². The van der Waals surface area contributed by atoms with Crippen LogP contribution in [-0.2, 0) is 18.3 Å². The van der Waals surface area contributed by atoms with E-state index in [0.29, 0.717) is 11.7 Å². The van der Waals surface area contributed by atoms with Crippen LogP contribution in [0.4, 0.5) is 0 Å². The predicted octanol–water partition coefficient (Wildman–Crippen LogP) is 1.58. The van der Waals surface area contributed by atoms with Gasteiger partial charge in [-0.05, 0) is 19.1 Å². The van der Waals surface area contributed by atoms with Crippen molar-refractivity contribution >= 4 is 0 Å². The van der Waals surface area contributed by atoms with Crippen molar-refractivity contribution in [3.05, 3.63) is 35.7 Å². The van der Waals surface area contributed by atoms with E-state index < -0.39 is 0 Å². The van der Waals surface area contributed by atoms with Crippen molar-refractivity contribution in [2.45, 2.75) is 19.4 Å². The van der Waals surface area contributed by atoms with Crippen LogP contribution < -0.4 is 0 Å². The summed E-state index contributed by atoms with van der Waals surface area (Å²) in [7, 11) is 3.83. The van der Waals surface area contributed by atoms with Crippen molar-refractivity contribution in [3.8, 4) is 0 Å². The van der Waals surface area contributed by atoms with Crippen molar-refractivity contribution in [1.82, 2.24) is 19.6 Å². The summed E-state index contributed by atoms with van der Waals surface area (Å²) in [6.07, 6.45) is 2.08. The third-order valence-corrected chi connectivity index (χ3v) is 4.19. The molecule has 0 aromatic carbocycles. The molecule has 1 aliphatic rings. The summed E-state index contributed by atoms with van der Waals surface area (Å²) in [6.45, 7) is 5.43. The van der Waals surface area contributed by atoms with Gasteiger partial charge in [0.05, 0.1) is 12.5 Å². The van der Waals surface area contributed by atoms with Crippen LogP contribution in [0.25, 0.3) is 0 Å². The Morgan fingerprint density at radius 1 is 1.43 bits per heavy atom. The van der Waals surface area contributed by atoms with Gasteiger partial charge >= 0.3 is 0 Å². The molecule has 0 bridgehead atoms. The van der Waals surface area contributed by atoms with Gasteiger partial charge in [0.15, 0.2) is 5.82 Å². The molecule has 2 aromatic rings. The third-order valence-electron chi connectivity index (χ3n) is 4.19. The Hall–Kier alpha value is -1.66. The Morgan fingerprint density at radius 2 is 2.29 bits per heavy atom. The van der Waals surface area contributed by atoms with E-state index in [4.69, 9.17) is 9.26 Å². The fraction of sp³-hybridized carbons (Fsp3) is 0.600. The van der Waals surface area contributed by atoms with Crippen LogP contribution in [0.2, 0.25) is 0 Å². The van der Waals surface area contributed by atoms with Crippen LogP contribution in [0, 0.1) is 12.8 Å². The number of nitrogens with zero attached hydrogens (tertiary/aromatic N) is 4. The summed E-state index contributed by atoms with van der Waals surface area (Å²) in [5.74, 6) is 2.09. The fourth-order valence-electron chi connectivity index (χ4n) is 3.11. The molecule has 6 heteroatoms. The lowest BCUT2D eigenvalue weighted by Gasteiger charge is -2.16. The van der Waals surface area contributed by atoms with E-state index in [1.165, 1.54) is 5.69 Å². The summed E-state index contributed by atoms with van der Waals surface area (Å²) < 4.78 is 12.9. The number of aromatic nitrogens is 3. The van der Waals surface area contributed by atoms with Gasteiger partial charge in [-0.25, -0.2) is 0 Å². The van der Waals surface area contributed by atoms with E-state index in [1.807, 2.05) is 6.92 Å². The van der Waals surface area contributed by atoms with Crippen LogP contribution in [0.3, 0.4) is 0 Å². The molecule has 0 spiro atoms. The first-order valence-electron chi connectivity index (χ1n) is 7.29. The molecule has 1 aliphatic heterocycles. The number of methoxy groups -OCH3 is 1. The monoisotopic (exact) mass is 290 g/mol. The molecule has 21 heavy (non-hydrogen) atoms. The Kier molecular flexibility index (Phi) is 4.07. The Labute approximate surface area is 124 Å². The summed E-state index contributed by atoms with van der Waals surface area (Å²) in [5.41, 5.74) is 1.31. The van der Waals surface area contributed by atoms with Crippen molar-refractivity contribution in [3.63, 3.8) is 0 Å². The second-order valence-electron chi connectivity index (χ2n) is 5.81. The van der Waals surface area contributed by atoms with Gasteiger partial charge in [0, 0.05) is 51.6 Å². The first-order chi connectivity index (χ1) is 10.2. The average Bonchev–Trinajstić information content (AvgIpc) is 3.13. The van der Waals surface area contributed by atoms with Crippen molar-refractivity contribution < 1.29 is 9.26 Å². The van der Waals surface area contributed by atoms with E-state index in [9.17, 15) is 0 Å². The molecule has 1 saturated heterocycles. The second kappa shape index (κ2) is 5.99. The molecule has 0 aliphatic carbocycles. The normalized spacial score (nSPS) is 23.0. The average molecular weight is 290 g/mol. The fourth-order valence-corrected chi connectivity index (χ4v) is 3.11. The molecular formula is C15H22N4O2. The zero-order valence-electron chi connectivity index (χ0n) is 12.8. The standard InChI is InChI=1S/C15H22N4O2/c1-11-16-15(21-17-11)14-9-19(7-12(14)10-20-3)8-13-5-4-6-18(13)2/h4-6,12,14H,7-10H2,1-3H3. The lowest BCUT2D eigenvalue weighted by Crippen LogP contribution is -2.22. The Balaban J connectivity index is 1.73. The minimum atomic E-state index is 0.256. The van der Waals surface area contributed by atoms with E-state index in [1.54, 1.807) is 7.11 Å². The van der Waals surface area contributed by atoms with Gasteiger partial charge in [-0.15, -0.1) is 0 Å². The van der Waals surface area contributed by atoms with Crippen LogP contribution >= 0.6 is 0 Å². The first kappa shape index (κ1) is 14.3. The van der Waals surface area contributed by atoms with Gasteiger partial charge in [-0.3, -0.25) is 4.90 Å². The molecule has 2 atom stereocenters. The maximum Gasteiger partial charge on any atom is 0.231 e. The maximum absolute atomic E-state index is 5.38. The molecule has 0 radical (unpaired) electrons. The molecule has 0 N–H and O–H groups in total. The molecule has 3 heterocycles. The van der Waals surface area contributed by atoms with Crippen molar-refractivity contribution in [2.75, 3.05) is 26.8 Å². The third kappa shape index (κ3) is 3.01. The summed E-state index contributed by atoms with van der Waals surface area (Å²) in [6, 6.07) is 4.24. The second-order valence-corrected chi connectivity index (χ2v) is 5.81. The minimum Gasteiger partial charge on any atom is -0.384 e. The smallest absolute Gasteiger partial charge is 0.231 e. The van der Waals surface area contributed by atoms with Crippen LogP contribution in [0.5, 0.6) is 0 Å². The molecule has 0 amide bonds. The summed E-state index contributed by atoms with van der Waals surface area (Å²) >= 11 is 0. The highest BCUT2D eigenvalue weighted by Gasteiger charge is 2.37. The van der Waals surface area contributed by atoms with E-state index in [0.717, 1.165) is 32.1 Å². The molecule has 2 aromatic heterocycles. The highest BCUT2D eigenvalue weighted by molar-refractivity contribution is 5.09. The SMILES string of the molecule is COCC1CN(Cc2cccn2C)CC1c1nc(C)no1. The lowest BCUT2D eigenvalue weighted by atomic mass is 9.97. The highest BCUT2D eigenvalue weighted by atomic mass is 16.5. The quantitative estimate of drug-likeness (QED) is 0.837. The number of rotatable bonds is 5. The lowest BCUT2D eigenvalue weighted by molar-refractivity contribution is 0.142. The molecule has 2 unspecified atom stereocenters. The molecular weight excluding hydrogens is 268 g/mol. The Morgan fingerprint density at radius 3 is 2.90 bits per heavy atom. The largest absolute Gasteiger partial charge is 0.384 e. The van der Waals surface area contributed by atoms with Crippen LogP contribution in [-0.4, -0.2) is 46.4 Å². The number of ether oxygens (including phenoxy) is 1. The van der Waals surface area contributed by atoms with Gasteiger partial charge in [0.1, 0.15) is 0 Å². The zero-order chi connectivity index (χ0) is 14.8. The summed E-state index contributed by atoms with van der Waals surface area (Å²) in [4.78, 5) is 6.84. The molecule has 3 rings (SSSR count). The van der Waals surface area contributed by atoms with Crippen molar-refractivity contribution in [2.24, 2.45) is 13.0 Å². The van der Waals surface area contributed by atoms with Crippen molar-refractivity contribution in [1.29, 1.82) is 0 Å². The highest BCUT2D eigenvalue weighted by Crippen LogP contribution is 2.32. The van der Waals surface area contributed by atoms with Crippen LogP contribution in [0.15, 0.2) is 22.9 Å². The van der Waals surface area contributed by atoms with Gasteiger partial charge < -0.3 is 13.8 Å².